The number of benzene rings is 1. The fraction of sp³-hybridized carbons (Fsp3) is 0.118. The van der Waals surface area contributed by atoms with Gasteiger partial charge in [0.25, 0.3) is 5.91 Å². The third-order valence-corrected chi connectivity index (χ3v) is 3.68. The average Bonchev–Trinajstić information content (AvgIpc) is 2.61. The van der Waals surface area contributed by atoms with Gasteiger partial charge in [-0.3, -0.25) is 9.78 Å². The molecule has 24 heavy (non-hydrogen) atoms. The smallest absolute Gasteiger partial charge is 0.271 e. The summed E-state index contributed by atoms with van der Waals surface area (Å²) in [5.41, 5.74) is 3.68. The molecule has 2 aromatic rings. The number of carbonyl (C=O) groups is 1. The molecule has 0 bridgehead atoms. The Morgan fingerprint density at radius 1 is 1.46 bits per heavy atom. The molecule has 6 nitrogen and oxygen atoms in total. The zero-order valence-electron chi connectivity index (χ0n) is 12.8. The van der Waals surface area contributed by atoms with Gasteiger partial charge in [0.2, 0.25) is 0 Å². The maximum Gasteiger partial charge on any atom is 0.271 e. The molecule has 0 radical (unpaired) electrons. The van der Waals surface area contributed by atoms with E-state index in [1.54, 1.807) is 37.7 Å². The van der Waals surface area contributed by atoms with E-state index in [2.05, 4.69) is 44.0 Å². The van der Waals surface area contributed by atoms with Gasteiger partial charge in [0, 0.05) is 18.0 Å². The summed E-state index contributed by atoms with van der Waals surface area (Å²) in [5, 5.41) is 3.95. The van der Waals surface area contributed by atoms with E-state index in [1.807, 2.05) is 6.07 Å². The predicted molar refractivity (Wildman–Crippen MR) is 99.3 cm³/mol. The van der Waals surface area contributed by atoms with Crippen LogP contribution in [-0.2, 0) is 0 Å². The van der Waals surface area contributed by atoms with E-state index in [0.717, 1.165) is 9.13 Å². The van der Waals surface area contributed by atoms with Crippen molar-refractivity contribution < 1.29 is 14.3 Å². The van der Waals surface area contributed by atoms with Crippen LogP contribution in [0.3, 0.4) is 0 Å². The van der Waals surface area contributed by atoms with E-state index in [4.69, 9.17) is 15.9 Å². The molecule has 1 heterocycles. The van der Waals surface area contributed by atoms with Gasteiger partial charge in [-0.1, -0.05) is 5.92 Å². The van der Waals surface area contributed by atoms with Crippen molar-refractivity contribution >= 4 is 34.7 Å². The number of carbonyl (C=O) groups excluding carboxylic acids is 1. The van der Waals surface area contributed by atoms with Crippen LogP contribution in [0.15, 0.2) is 41.8 Å². The zero-order chi connectivity index (χ0) is 17.4. The first-order chi connectivity index (χ1) is 11.7. The van der Waals surface area contributed by atoms with Crippen molar-refractivity contribution in [1.82, 2.24) is 10.4 Å². The molecule has 1 aromatic heterocycles. The summed E-state index contributed by atoms with van der Waals surface area (Å²) in [5.74, 6) is 3.22. The number of hydrazone groups is 1. The van der Waals surface area contributed by atoms with Crippen molar-refractivity contribution in [2.24, 2.45) is 5.10 Å². The van der Waals surface area contributed by atoms with Crippen LogP contribution in [-0.4, -0.2) is 30.8 Å². The van der Waals surface area contributed by atoms with Gasteiger partial charge in [-0.2, -0.15) is 5.10 Å². The standard InChI is InChI=1S/C17H14IN3O3/c1-3-8-24-16-14(18)9-12(10-15(16)23-2)11-20-21-17(22)13-4-6-19-7-5-13/h1,4-7,9-11H,8H2,2H3,(H,21,22)/b20-11+. The van der Waals surface area contributed by atoms with Crippen LogP contribution in [0.25, 0.3) is 0 Å². The van der Waals surface area contributed by atoms with Crippen molar-refractivity contribution in [3.05, 3.63) is 51.4 Å². The average molecular weight is 435 g/mol. The van der Waals surface area contributed by atoms with Crippen molar-refractivity contribution in [1.29, 1.82) is 0 Å². The molecule has 0 spiro atoms. The number of hydrogen-bond donors (Lipinski definition) is 1. The number of ether oxygens (including phenoxy) is 2. The van der Waals surface area contributed by atoms with E-state index in [1.165, 1.54) is 6.21 Å². The van der Waals surface area contributed by atoms with E-state index in [9.17, 15) is 4.79 Å². The quantitative estimate of drug-likeness (QED) is 0.328. The Bertz CT molecular complexity index is 786. The Balaban J connectivity index is 2.11. The summed E-state index contributed by atoms with van der Waals surface area (Å²) in [6, 6.07) is 6.80. The first-order valence-electron chi connectivity index (χ1n) is 6.83. The largest absolute Gasteiger partial charge is 0.493 e. The lowest BCUT2D eigenvalue weighted by molar-refractivity contribution is 0.0955. The van der Waals surface area contributed by atoms with Crippen LogP contribution in [0, 0.1) is 15.9 Å². The minimum Gasteiger partial charge on any atom is -0.493 e. The Hall–Kier alpha value is -2.60. The predicted octanol–water partition coefficient (Wildman–Crippen LogP) is 2.47. The molecule has 0 aliphatic carbocycles. The zero-order valence-corrected chi connectivity index (χ0v) is 15.0. The third-order valence-electron chi connectivity index (χ3n) is 2.87. The molecule has 0 unspecified atom stereocenters. The normalized spacial score (nSPS) is 10.2. The molecule has 0 atom stereocenters. The second kappa shape index (κ2) is 8.88. The van der Waals surface area contributed by atoms with Crippen LogP contribution in [0.2, 0.25) is 0 Å². The van der Waals surface area contributed by atoms with Crippen LogP contribution in [0.1, 0.15) is 15.9 Å². The third kappa shape index (κ3) is 4.70. The van der Waals surface area contributed by atoms with Gasteiger partial charge in [-0.05, 0) is 52.4 Å². The number of pyridine rings is 1. The highest BCUT2D eigenvalue weighted by atomic mass is 127. The number of hydrogen-bond acceptors (Lipinski definition) is 5. The second-order valence-electron chi connectivity index (χ2n) is 4.46. The summed E-state index contributed by atoms with van der Waals surface area (Å²) >= 11 is 2.12. The van der Waals surface area contributed by atoms with Crippen LogP contribution in [0.5, 0.6) is 11.5 Å². The molecule has 122 valence electrons. The molecular weight excluding hydrogens is 421 g/mol. The van der Waals surface area contributed by atoms with Crippen molar-refractivity contribution in [2.45, 2.75) is 0 Å². The van der Waals surface area contributed by atoms with E-state index in [-0.39, 0.29) is 12.5 Å². The summed E-state index contributed by atoms with van der Waals surface area (Å²) < 4.78 is 11.6. The Morgan fingerprint density at radius 2 is 2.21 bits per heavy atom. The lowest BCUT2D eigenvalue weighted by Crippen LogP contribution is -2.17. The Kier molecular flexibility index (Phi) is 6.57. The number of rotatable bonds is 6. The molecule has 0 aliphatic heterocycles. The Labute approximate surface area is 153 Å². The fourth-order valence-corrected chi connectivity index (χ4v) is 2.58. The number of halogens is 1. The molecule has 0 saturated carbocycles. The number of nitrogens with one attached hydrogen (secondary N) is 1. The highest BCUT2D eigenvalue weighted by Gasteiger charge is 2.11. The summed E-state index contributed by atoms with van der Waals surface area (Å²) in [7, 11) is 1.54. The van der Waals surface area contributed by atoms with Crippen LogP contribution < -0.4 is 14.9 Å². The number of amides is 1. The van der Waals surface area contributed by atoms with Crippen molar-refractivity contribution in [2.75, 3.05) is 13.7 Å². The lowest BCUT2D eigenvalue weighted by Gasteiger charge is -2.11. The molecule has 0 aliphatic rings. The minimum atomic E-state index is -0.315. The van der Waals surface area contributed by atoms with Gasteiger partial charge in [-0.25, -0.2) is 5.43 Å². The first kappa shape index (κ1) is 17.7. The van der Waals surface area contributed by atoms with Gasteiger partial charge >= 0.3 is 0 Å². The highest BCUT2D eigenvalue weighted by molar-refractivity contribution is 14.1. The molecule has 0 saturated heterocycles. The molecule has 2 rings (SSSR count). The number of aromatic nitrogens is 1. The van der Waals surface area contributed by atoms with Crippen molar-refractivity contribution in [3.8, 4) is 23.8 Å². The monoisotopic (exact) mass is 435 g/mol. The topological polar surface area (TPSA) is 72.8 Å². The van der Waals surface area contributed by atoms with Crippen molar-refractivity contribution in [3.63, 3.8) is 0 Å². The molecule has 1 N–H and O–H groups in total. The van der Waals surface area contributed by atoms with Crippen LogP contribution in [0.4, 0.5) is 0 Å². The van der Waals surface area contributed by atoms with E-state index in [0.29, 0.717) is 17.1 Å². The SMILES string of the molecule is C#CCOc1c(I)cc(/C=N/NC(=O)c2ccncc2)cc1OC. The molecule has 7 heteroatoms. The maximum atomic E-state index is 11.9. The highest BCUT2D eigenvalue weighted by Crippen LogP contribution is 2.33. The lowest BCUT2D eigenvalue weighted by atomic mass is 10.2. The van der Waals surface area contributed by atoms with E-state index >= 15 is 0 Å². The number of terminal acetylenes is 1. The molecule has 0 fully saturated rings. The van der Waals surface area contributed by atoms with Gasteiger partial charge in [-0.15, -0.1) is 6.42 Å². The van der Waals surface area contributed by atoms with Crippen LogP contribution >= 0.6 is 22.6 Å². The molecule has 1 aromatic carbocycles. The van der Waals surface area contributed by atoms with Gasteiger partial charge < -0.3 is 9.47 Å². The van der Waals surface area contributed by atoms with Gasteiger partial charge in [0.1, 0.15) is 6.61 Å². The van der Waals surface area contributed by atoms with Gasteiger partial charge in [0.05, 0.1) is 16.9 Å². The molecular formula is C17H14IN3O3. The summed E-state index contributed by atoms with van der Waals surface area (Å²) in [4.78, 5) is 15.7. The fourth-order valence-electron chi connectivity index (χ4n) is 1.80. The minimum absolute atomic E-state index is 0.155. The number of nitrogens with zero attached hydrogens (tertiary/aromatic N) is 2. The van der Waals surface area contributed by atoms with E-state index < -0.39 is 0 Å². The first-order valence-corrected chi connectivity index (χ1v) is 7.90. The Morgan fingerprint density at radius 3 is 2.88 bits per heavy atom. The van der Waals surface area contributed by atoms with Gasteiger partial charge in [0.15, 0.2) is 11.5 Å². The molecule has 1 amide bonds. The number of methoxy groups -OCH3 is 1. The summed E-state index contributed by atoms with van der Waals surface area (Å²) in [6.45, 7) is 0.155. The second-order valence-corrected chi connectivity index (χ2v) is 5.62. The summed E-state index contributed by atoms with van der Waals surface area (Å²) in [6.07, 6.45) is 9.81. The maximum absolute atomic E-state index is 11.9.